The van der Waals surface area contributed by atoms with E-state index >= 15 is 0 Å². The number of hydrogen-bond acceptors (Lipinski definition) is 3. The van der Waals surface area contributed by atoms with E-state index in [1.165, 1.54) is 6.92 Å². The van der Waals surface area contributed by atoms with Crippen LogP contribution >= 0.6 is 15.9 Å². The average molecular weight is 347 g/mol. The van der Waals surface area contributed by atoms with Crippen LogP contribution < -0.4 is 0 Å². The monoisotopic (exact) mass is 346 g/mol. The molecule has 2 atom stereocenters. The third-order valence-corrected chi connectivity index (χ3v) is 6.76. The Kier molecular flexibility index (Phi) is 5.33. The van der Waals surface area contributed by atoms with Gasteiger partial charge in [-0.2, -0.15) is 0 Å². The number of benzene rings is 1. The number of Topliss-reactive ketones (excluding diaryl/α,β-unsaturated/α-hetero) is 1. The Morgan fingerprint density at radius 2 is 1.53 bits per heavy atom. The summed E-state index contributed by atoms with van der Waals surface area (Å²) in [6, 6.07) is 6.74. The van der Waals surface area contributed by atoms with E-state index in [0.29, 0.717) is 5.56 Å². The lowest BCUT2D eigenvalue weighted by atomic mass is 10.1. The lowest BCUT2D eigenvalue weighted by Gasteiger charge is -2.20. The Bertz CT molecular complexity index is 547. The van der Waals surface area contributed by atoms with Gasteiger partial charge in [0, 0.05) is 10.0 Å². The van der Waals surface area contributed by atoms with E-state index in [1.54, 1.807) is 31.2 Å². The Balaban J connectivity index is 3.03. The van der Waals surface area contributed by atoms with Crippen molar-refractivity contribution in [1.29, 1.82) is 0 Å². The smallest absolute Gasteiger partial charge is 0.180 e. The highest BCUT2D eigenvalue weighted by Crippen LogP contribution is 2.21. The van der Waals surface area contributed by atoms with Gasteiger partial charge in [0.05, 0.1) is 5.25 Å². The summed E-state index contributed by atoms with van der Waals surface area (Å²) < 4.78 is 25.5. The number of sulfone groups is 1. The van der Waals surface area contributed by atoms with Crippen LogP contribution in [0.1, 0.15) is 38.1 Å². The van der Waals surface area contributed by atoms with Gasteiger partial charge in [-0.15, -0.1) is 0 Å². The Morgan fingerprint density at radius 1 is 1.05 bits per heavy atom. The highest BCUT2D eigenvalue weighted by Gasteiger charge is 2.34. The predicted octanol–water partition coefficient (Wildman–Crippen LogP) is 3.48. The number of carbonyl (C=O) groups excluding carboxylic acids is 1. The second-order valence-electron chi connectivity index (χ2n) is 5.05. The molecule has 0 fully saturated rings. The van der Waals surface area contributed by atoms with Crippen LogP contribution in [0, 0.1) is 5.92 Å². The summed E-state index contributed by atoms with van der Waals surface area (Å²) in [6.07, 6.45) is 0. The molecular formula is C14H19BrO3S. The van der Waals surface area contributed by atoms with E-state index in [1.807, 2.05) is 13.8 Å². The normalized spacial score (nSPS) is 15.3. The molecule has 1 aromatic carbocycles. The molecule has 19 heavy (non-hydrogen) atoms. The molecule has 0 aliphatic rings. The summed E-state index contributed by atoms with van der Waals surface area (Å²) in [5.41, 5.74) is 0.426. The molecule has 2 unspecified atom stereocenters. The van der Waals surface area contributed by atoms with Crippen LogP contribution in [-0.4, -0.2) is 24.7 Å². The SMILES string of the molecule is CC(C)C(C)S(=O)(=O)C(C)C(=O)c1ccc(Br)cc1. The first kappa shape index (κ1) is 16.4. The highest BCUT2D eigenvalue weighted by atomic mass is 79.9. The molecule has 0 bridgehead atoms. The molecule has 0 saturated heterocycles. The van der Waals surface area contributed by atoms with Crippen LogP contribution in [0.15, 0.2) is 28.7 Å². The van der Waals surface area contributed by atoms with Crippen LogP contribution in [0.5, 0.6) is 0 Å². The summed E-state index contributed by atoms with van der Waals surface area (Å²) in [7, 11) is -3.46. The van der Waals surface area contributed by atoms with E-state index in [-0.39, 0.29) is 11.7 Å². The van der Waals surface area contributed by atoms with E-state index in [0.717, 1.165) is 4.47 Å². The van der Waals surface area contributed by atoms with Crippen molar-refractivity contribution >= 4 is 31.6 Å². The minimum Gasteiger partial charge on any atom is -0.293 e. The van der Waals surface area contributed by atoms with Gasteiger partial charge in [0.2, 0.25) is 0 Å². The van der Waals surface area contributed by atoms with E-state index in [2.05, 4.69) is 15.9 Å². The lowest BCUT2D eigenvalue weighted by Crippen LogP contribution is -2.36. The number of halogens is 1. The number of ketones is 1. The summed E-state index contributed by atoms with van der Waals surface area (Å²) in [5.74, 6) is -0.356. The zero-order valence-electron chi connectivity index (χ0n) is 11.6. The van der Waals surface area contributed by atoms with Crippen molar-refractivity contribution < 1.29 is 13.2 Å². The number of carbonyl (C=O) groups is 1. The Hall–Kier alpha value is -0.680. The third-order valence-electron chi connectivity index (χ3n) is 3.45. The van der Waals surface area contributed by atoms with Crippen LogP contribution in [0.25, 0.3) is 0 Å². The first-order valence-electron chi connectivity index (χ1n) is 6.20. The molecule has 1 aromatic rings. The van der Waals surface area contributed by atoms with Gasteiger partial charge < -0.3 is 0 Å². The first-order valence-corrected chi connectivity index (χ1v) is 8.60. The molecule has 0 aromatic heterocycles. The maximum atomic E-state index is 12.3. The topological polar surface area (TPSA) is 51.2 Å². The van der Waals surface area contributed by atoms with Crippen LogP contribution in [0.4, 0.5) is 0 Å². The molecule has 0 spiro atoms. The zero-order chi connectivity index (χ0) is 14.8. The molecule has 106 valence electrons. The second kappa shape index (κ2) is 6.18. The standard InChI is InChI=1S/C14H19BrO3S/c1-9(2)10(3)19(17,18)11(4)14(16)12-5-7-13(15)8-6-12/h5-11H,1-4H3. The number of hydrogen-bond donors (Lipinski definition) is 0. The van der Waals surface area contributed by atoms with Crippen molar-refractivity contribution in [3.63, 3.8) is 0 Å². The minimum absolute atomic E-state index is 0.00910. The van der Waals surface area contributed by atoms with Crippen molar-refractivity contribution in [2.45, 2.75) is 38.2 Å². The van der Waals surface area contributed by atoms with Crippen LogP contribution in [0.2, 0.25) is 0 Å². The maximum Gasteiger partial charge on any atom is 0.180 e. The van der Waals surface area contributed by atoms with Crippen molar-refractivity contribution in [2.75, 3.05) is 0 Å². The molecule has 1 rings (SSSR count). The Morgan fingerprint density at radius 3 is 1.95 bits per heavy atom. The van der Waals surface area contributed by atoms with Gasteiger partial charge in [-0.25, -0.2) is 8.42 Å². The summed E-state index contributed by atoms with van der Waals surface area (Å²) in [4.78, 5) is 12.2. The van der Waals surface area contributed by atoms with Gasteiger partial charge in [-0.05, 0) is 31.9 Å². The van der Waals surface area contributed by atoms with Gasteiger partial charge in [0.1, 0.15) is 5.25 Å². The number of rotatable bonds is 5. The molecule has 0 aliphatic heterocycles. The Labute approximate surface area is 123 Å². The molecular weight excluding hydrogens is 328 g/mol. The van der Waals surface area contributed by atoms with Gasteiger partial charge in [-0.1, -0.05) is 41.9 Å². The van der Waals surface area contributed by atoms with Crippen LogP contribution in [-0.2, 0) is 9.84 Å². The summed E-state index contributed by atoms with van der Waals surface area (Å²) in [6.45, 7) is 6.82. The van der Waals surface area contributed by atoms with Gasteiger partial charge in [0.25, 0.3) is 0 Å². The van der Waals surface area contributed by atoms with Gasteiger partial charge in [0.15, 0.2) is 15.6 Å². The first-order chi connectivity index (χ1) is 8.67. The molecule has 0 heterocycles. The molecule has 5 heteroatoms. The molecule has 0 amide bonds. The van der Waals surface area contributed by atoms with Crippen molar-refractivity contribution in [2.24, 2.45) is 5.92 Å². The third kappa shape index (κ3) is 3.66. The summed E-state index contributed by atoms with van der Waals surface area (Å²) >= 11 is 3.28. The fourth-order valence-electron chi connectivity index (χ4n) is 1.70. The molecule has 0 radical (unpaired) electrons. The van der Waals surface area contributed by atoms with Crippen molar-refractivity contribution in [3.8, 4) is 0 Å². The predicted molar refractivity (Wildman–Crippen MR) is 81.2 cm³/mol. The second-order valence-corrected chi connectivity index (χ2v) is 8.60. The maximum absolute atomic E-state index is 12.3. The minimum atomic E-state index is -3.46. The highest BCUT2D eigenvalue weighted by molar-refractivity contribution is 9.10. The molecule has 3 nitrogen and oxygen atoms in total. The quantitative estimate of drug-likeness (QED) is 0.767. The van der Waals surface area contributed by atoms with E-state index < -0.39 is 20.3 Å². The molecule has 0 aliphatic carbocycles. The van der Waals surface area contributed by atoms with Crippen molar-refractivity contribution in [1.82, 2.24) is 0 Å². The zero-order valence-corrected chi connectivity index (χ0v) is 14.0. The van der Waals surface area contributed by atoms with E-state index in [4.69, 9.17) is 0 Å². The van der Waals surface area contributed by atoms with E-state index in [9.17, 15) is 13.2 Å². The lowest BCUT2D eigenvalue weighted by molar-refractivity contribution is 0.0991. The summed E-state index contributed by atoms with van der Waals surface area (Å²) in [5, 5.41) is -1.53. The fraction of sp³-hybridized carbons (Fsp3) is 0.500. The van der Waals surface area contributed by atoms with Crippen LogP contribution in [0.3, 0.4) is 0 Å². The van der Waals surface area contributed by atoms with Gasteiger partial charge >= 0.3 is 0 Å². The molecule has 0 N–H and O–H groups in total. The largest absolute Gasteiger partial charge is 0.293 e. The van der Waals surface area contributed by atoms with Crippen molar-refractivity contribution in [3.05, 3.63) is 34.3 Å². The average Bonchev–Trinajstić information content (AvgIpc) is 2.36. The van der Waals surface area contributed by atoms with Gasteiger partial charge in [-0.3, -0.25) is 4.79 Å². The molecule has 0 saturated carbocycles. The fourth-order valence-corrected chi connectivity index (χ4v) is 3.80.